The Balaban J connectivity index is 1.47. The Hall–Kier alpha value is -1.75. The monoisotopic (exact) mass is 288 g/mol. The van der Waals surface area contributed by atoms with Gasteiger partial charge in [0.05, 0.1) is 0 Å². The molecule has 3 fully saturated rings. The maximum Gasteiger partial charge on any atom is 0.251 e. The first-order chi connectivity index (χ1) is 10.2. The molecule has 5 nitrogen and oxygen atoms in total. The molecule has 0 spiro atoms. The number of rotatable bonds is 2. The molecule has 2 unspecified atom stereocenters. The molecule has 3 saturated heterocycles. The molecular formula is C16H20N2O3. The summed E-state index contributed by atoms with van der Waals surface area (Å²) < 4.78 is 11.0. The number of hydrogen-bond donors (Lipinski definition) is 1. The average molecular weight is 288 g/mol. The van der Waals surface area contributed by atoms with E-state index in [0.717, 1.165) is 6.54 Å². The van der Waals surface area contributed by atoms with E-state index >= 15 is 0 Å². The average Bonchev–Trinajstić information content (AvgIpc) is 2.87. The van der Waals surface area contributed by atoms with Crippen molar-refractivity contribution in [3.8, 4) is 11.5 Å². The molecule has 4 heterocycles. The van der Waals surface area contributed by atoms with Gasteiger partial charge in [-0.2, -0.15) is 0 Å². The number of ether oxygens (including phenoxy) is 2. The van der Waals surface area contributed by atoms with Gasteiger partial charge in [0.2, 0.25) is 6.29 Å². The minimum absolute atomic E-state index is 0.0142. The molecule has 1 amide bonds. The van der Waals surface area contributed by atoms with Gasteiger partial charge in [0, 0.05) is 25.1 Å². The number of carbonyl (C=O) groups excluding carboxylic acids is 1. The summed E-state index contributed by atoms with van der Waals surface area (Å²) in [7, 11) is 0. The third-order valence-electron chi connectivity index (χ3n) is 4.76. The topological polar surface area (TPSA) is 50.8 Å². The number of amides is 1. The van der Waals surface area contributed by atoms with Crippen LogP contribution >= 0.6 is 0 Å². The number of benzene rings is 1. The fourth-order valence-corrected chi connectivity index (χ4v) is 3.60. The van der Waals surface area contributed by atoms with E-state index in [0.29, 0.717) is 23.0 Å². The first kappa shape index (κ1) is 13.0. The predicted molar refractivity (Wildman–Crippen MR) is 77.6 cm³/mol. The van der Waals surface area contributed by atoms with Crippen LogP contribution in [0.2, 0.25) is 0 Å². The van der Waals surface area contributed by atoms with E-state index in [4.69, 9.17) is 9.47 Å². The van der Waals surface area contributed by atoms with E-state index in [2.05, 4.69) is 10.2 Å². The Labute approximate surface area is 124 Å². The van der Waals surface area contributed by atoms with Crippen molar-refractivity contribution >= 4 is 5.91 Å². The van der Waals surface area contributed by atoms with Crippen molar-refractivity contribution in [2.75, 3.05) is 19.6 Å². The van der Waals surface area contributed by atoms with Gasteiger partial charge in [-0.1, -0.05) is 0 Å². The molecule has 1 aromatic rings. The molecule has 1 aromatic carbocycles. The molecule has 0 aliphatic carbocycles. The minimum atomic E-state index is -0.278. The Morgan fingerprint density at radius 1 is 1.24 bits per heavy atom. The highest BCUT2D eigenvalue weighted by atomic mass is 16.7. The summed E-state index contributed by atoms with van der Waals surface area (Å²) in [6.45, 7) is 5.18. The van der Waals surface area contributed by atoms with E-state index < -0.39 is 0 Å². The van der Waals surface area contributed by atoms with Gasteiger partial charge in [-0.25, -0.2) is 0 Å². The Morgan fingerprint density at radius 3 is 2.71 bits per heavy atom. The van der Waals surface area contributed by atoms with Crippen molar-refractivity contribution in [2.45, 2.75) is 32.1 Å². The highest BCUT2D eigenvalue weighted by Crippen LogP contribution is 2.35. The van der Waals surface area contributed by atoms with Crippen molar-refractivity contribution in [3.63, 3.8) is 0 Å². The van der Waals surface area contributed by atoms with Crippen LogP contribution in [0.3, 0.4) is 0 Å². The number of hydrogen-bond acceptors (Lipinski definition) is 4. The lowest BCUT2D eigenvalue weighted by Gasteiger charge is -2.44. The van der Waals surface area contributed by atoms with Gasteiger partial charge in [0.1, 0.15) is 0 Å². The predicted octanol–water partition coefficient (Wildman–Crippen LogP) is 1.63. The Kier molecular flexibility index (Phi) is 3.03. The lowest BCUT2D eigenvalue weighted by Crippen LogP contribution is -2.57. The van der Waals surface area contributed by atoms with Crippen LogP contribution in [0.1, 0.15) is 30.1 Å². The Bertz CT molecular complexity index is 567. The third-order valence-corrected chi connectivity index (χ3v) is 4.76. The molecular weight excluding hydrogens is 268 g/mol. The number of fused-ring (bicyclic) bond motifs is 4. The molecule has 2 atom stereocenters. The van der Waals surface area contributed by atoms with Gasteiger partial charge < -0.3 is 19.7 Å². The first-order valence-electron chi connectivity index (χ1n) is 7.69. The number of carbonyl (C=O) groups is 1. The van der Waals surface area contributed by atoms with Gasteiger partial charge in [-0.05, 0) is 50.0 Å². The van der Waals surface area contributed by atoms with Crippen LogP contribution in [0.15, 0.2) is 18.2 Å². The van der Waals surface area contributed by atoms with E-state index in [9.17, 15) is 4.79 Å². The fourth-order valence-electron chi connectivity index (χ4n) is 3.60. The van der Waals surface area contributed by atoms with Crippen molar-refractivity contribution in [1.29, 1.82) is 0 Å². The van der Waals surface area contributed by atoms with Gasteiger partial charge in [-0.3, -0.25) is 4.79 Å². The number of piperidine rings is 3. The zero-order valence-corrected chi connectivity index (χ0v) is 12.2. The first-order valence-corrected chi connectivity index (χ1v) is 7.69. The van der Waals surface area contributed by atoms with Crippen LogP contribution in [0.5, 0.6) is 11.5 Å². The Morgan fingerprint density at radius 2 is 2.00 bits per heavy atom. The molecule has 4 aliphatic rings. The largest absolute Gasteiger partial charge is 0.451 e. The van der Waals surface area contributed by atoms with E-state index in [1.807, 2.05) is 13.0 Å². The second-order valence-corrected chi connectivity index (χ2v) is 6.18. The van der Waals surface area contributed by atoms with Crippen LogP contribution in [0, 0.1) is 5.92 Å². The lowest BCUT2D eigenvalue weighted by molar-refractivity contribution is 0.0618. The van der Waals surface area contributed by atoms with E-state index in [1.165, 1.54) is 25.9 Å². The summed E-state index contributed by atoms with van der Waals surface area (Å²) in [5.41, 5.74) is 0.642. The quantitative estimate of drug-likeness (QED) is 0.898. The van der Waals surface area contributed by atoms with Crippen molar-refractivity contribution in [1.82, 2.24) is 10.2 Å². The number of nitrogens with zero attached hydrogens (tertiary/aromatic N) is 1. The van der Waals surface area contributed by atoms with Crippen molar-refractivity contribution in [2.24, 2.45) is 5.92 Å². The van der Waals surface area contributed by atoms with Gasteiger partial charge >= 0.3 is 0 Å². The summed E-state index contributed by atoms with van der Waals surface area (Å²) in [5.74, 6) is 1.98. The SMILES string of the molecule is CC1Oc2ccc(C(=O)NC3CN4CCC3CC4)cc2O1. The highest BCUT2D eigenvalue weighted by Gasteiger charge is 2.35. The summed E-state index contributed by atoms with van der Waals surface area (Å²) >= 11 is 0. The molecule has 0 radical (unpaired) electrons. The van der Waals surface area contributed by atoms with Gasteiger partial charge in [0.15, 0.2) is 11.5 Å². The van der Waals surface area contributed by atoms with E-state index in [-0.39, 0.29) is 18.2 Å². The number of nitrogens with one attached hydrogen (secondary N) is 1. The highest BCUT2D eigenvalue weighted by molar-refractivity contribution is 5.95. The van der Waals surface area contributed by atoms with Crippen LogP contribution in [0.25, 0.3) is 0 Å². The van der Waals surface area contributed by atoms with Gasteiger partial charge in [-0.15, -0.1) is 0 Å². The standard InChI is InChI=1S/C16H20N2O3/c1-10-20-14-3-2-12(8-15(14)21-10)16(19)17-13-9-18-6-4-11(13)5-7-18/h2-3,8,10-11,13H,4-7,9H2,1H3,(H,17,19). The molecule has 5 heteroatoms. The van der Waals surface area contributed by atoms with Crippen molar-refractivity contribution in [3.05, 3.63) is 23.8 Å². The maximum atomic E-state index is 12.4. The molecule has 5 rings (SSSR count). The molecule has 2 bridgehead atoms. The summed E-state index contributed by atoms with van der Waals surface area (Å²) in [6.07, 6.45) is 2.12. The van der Waals surface area contributed by atoms with E-state index in [1.54, 1.807) is 12.1 Å². The zero-order valence-electron chi connectivity index (χ0n) is 12.2. The third kappa shape index (κ3) is 2.35. The van der Waals surface area contributed by atoms with Crippen LogP contribution in [-0.4, -0.2) is 42.8 Å². The molecule has 1 N–H and O–H groups in total. The molecule has 4 aliphatic heterocycles. The van der Waals surface area contributed by atoms with Gasteiger partial charge in [0.25, 0.3) is 5.91 Å². The summed E-state index contributed by atoms with van der Waals surface area (Å²) in [4.78, 5) is 14.9. The van der Waals surface area contributed by atoms with Crippen LogP contribution in [-0.2, 0) is 0 Å². The minimum Gasteiger partial charge on any atom is -0.451 e. The maximum absolute atomic E-state index is 12.4. The molecule has 0 aromatic heterocycles. The lowest BCUT2D eigenvalue weighted by atomic mass is 9.84. The summed E-state index contributed by atoms with van der Waals surface area (Å²) in [6, 6.07) is 5.67. The second kappa shape index (κ2) is 4.91. The molecule has 112 valence electrons. The summed E-state index contributed by atoms with van der Waals surface area (Å²) in [5, 5.41) is 3.19. The van der Waals surface area contributed by atoms with Crippen molar-refractivity contribution < 1.29 is 14.3 Å². The fraction of sp³-hybridized carbons (Fsp3) is 0.562. The molecule has 0 saturated carbocycles. The zero-order chi connectivity index (χ0) is 14.4. The van der Waals surface area contributed by atoms with Crippen LogP contribution < -0.4 is 14.8 Å². The second-order valence-electron chi connectivity index (χ2n) is 6.18. The molecule has 21 heavy (non-hydrogen) atoms. The van der Waals surface area contributed by atoms with Crippen LogP contribution in [0.4, 0.5) is 0 Å². The smallest absolute Gasteiger partial charge is 0.251 e. The normalized spacial score (nSPS) is 33.0.